The van der Waals surface area contributed by atoms with Gasteiger partial charge in [-0.05, 0) is 48.0 Å². The summed E-state index contributed by atoms with van der Waals surface area (Å²) in [5.74, 6) is 1.09. The van der Waals surface area contributed by atoms with E-state index in [0.29, 0.717) is 21.8 Å². The number of nitrogens with zero attached hydrogens (tertiary/aromatic N) is 3. The average molecular weight is 471 g/mol. The number of hydrogen-bond acceptors (Lipinski definition) is 6. The molecular formula is C24H30N4O4S. The Balaban J connectivity index is 2.18. The second-order valence-corrected chi connectivity index (χ2v) is 8.78. The molecule has 2 aromatic carbocycles. The summed E-state index contributed by atoms with van der Waals surface area (Å²) in [4.78, 5) is 18.5. The number of H-pyrrole nitrogens is 1. The van der Waals surface area contributed by atoms with Crippen molar-refractivity contribution in [3.05, 3.63) is 46.9 Å². The fourth-order valence-corrected chi connectivity index (χ4v) is 3.77. The molecule has 0 aliphatic carbocycles. The molecule has 0 saturated carbocycles. The summed E-state index contributed by atoms with van der Waals surface area (Å²) in [6.45, 7) is 4.00. The zero-order valence-electron chi connectivity index (χ0n) is 20.0. The fourth-order valence-electron chi connectivity index (χ4n) is 3.51. The van der Waals surface area contributed by atoms with Crippen molar-refractivity contribution in [2.75, 3.05) is 40.2 Å². The molecule has 33 heavy (non-hydrogen) atoms. The van der Waals surface area contributed by atoms with E-state index in [1.807, 2.05) is 61.7 Å². The van der Waals surface area contributed by atoms with Gasteiger partial charge in [-0.3, -0.25) is 4.57 Å². The molecule has 2 N–H and O–H groups in total. The predicted molar refractivity (Wildman–Crippen MR) is 133 cm³/mol. The maximum Gasteiger partial charge on any atom is 0.414 e. The molecule has 0 bridgehead atoms. The summed E-state index contributed by atoms with van der Waals surface area (Å²) in [6.07, 6.45) is 1.25. The zero-order valence-corrected chi connectivity index (χ0v) is 20.8. The van der Waals surface area contributed by atoms with Gasteiger partial charge in [-0.2, -0.15) is 0 Å². The molecule has 0 saturated heterocycles. The normalized spacial score (nSPS) is 10.9. The van der Waals surface area contributed by atoms with E-state index in [1.54, 1.807) is 27.4 Å². The van der Waals surface area contributed by atoms with Crippen LogP contribution in [-0.2, 0) is 0 Å². The van der Waals surface area contributed by atoms with Gasteiger partial charge in [0.15, 0.2) is 4.77 Å². The number of phenols is 1. The number of phenolic OH excluding ortho intramolecular Hbond substituents is 1. The smallest absolute Gasteiger partial charge is 0.414 e. The molecule has 0 unspecified atom stereocenters. The second-order valence-electron chi connectivity index (χ2n) is 8.39. The minimum absolute atomic E-state index is 0.0231. The molecule has 0 radical (unpaired) electrons. The van der Waals surface area contributed by atoms with Gasteiger partial charge in [-0.1, -0.05) is 13.8 Å². The van der Waals surface area contributed by atoms with Crippen molar-refractivity contribution in [2.45, 2.75) is 19.8 Å². The number of ether oxygens (including phenoxy) is 2. The third-order valence-electron chi connectivity index (χ3n) is 5.27. The van der Waals surface area contributed by atoms with Gasteiger partial charge in [0.05, 0.1) is 24.2 Å². The number of benzene rings is 2. The number of amides is 1. The summed E-state index contributed by atoms with van der Waals surface area (Å²) in [5.41, 5.74) is 3.74. The van der Waals surface area contributed by atoms with E-state index in [9.17, 15) is 9.90 Å². The van der Waals surface area contributed by atoms with Crippen LogP contribution in [0.3, 0.4) is 0 Å². The largest absolute Gasteiger partial charge is 0.507 e. The second kappa shape index (κ2) is 9.58. The first-order valence-electron chi connectivity index (χ1n) is 10.5. The Morgan fingerprint density at radius 3 is 2.39 bits per heavy atom. The molecule has 3 rings (SSSR count). The minimum atomic E-state index is -0.511. The molecule has 176 valence electrons. The Kier molecular flexibility index (Phi) is 7.02. The van der Waals surface area contributed by atoms with Crippen LogP contribution in [0.4, 0.5) is 10.5 Å². The summed E-state index contributed by atoms with van der Waals surface area (Å²) in [5, 5.41) is 10.9. The van der Waals surface area contributed by atoms with Gasteiger partial charge in [-0.15, -0.1) is 0 Å². The number of nitrogens with one attached hydrogen (secondary N) is 1. The van der Waals surface area contributed by atoms with Gasteiger partial charge < -0.3 is 29.4 Å². The van der Waals surface area contributed by atoms with E-state index in [4.69, 9.17) is 21.7 Å². The van der Waals surface area contributed by atoms with E-state index in [-0.39, 0.29) is 11.7 Å². The Morgan fingerprint density at radius 2 is 1.82 bits per heavy atom. The topological polar surface area (TPSA) is 83.0 Å². The first-order chi connectivity index (χ1) is 15.5. The van der Waals surface area contributed by atoms with Crippen molar-refractivity contribution in [3.8, 4) is 34.2 Å². The highest BCUT2D eigenvalue weighted by Crippen LogP contribution is 2.40. The van der Waals surface area contributed by atoms with Crippen molar-refractivity contribution in [3.63, 3.8) is 0 Å². The third-order valence-corrected chi connectivity index (χ3v) is 5.57. The highest BCUT2D eigenvalue weighted by Gasteiger charge is 2.21. The van der Waals surface area contributed by atoms with E-state index in [1.165, 1.54) is 11.0 Å². The molecule has 3 aromatic rings. The van der Waals surface area contributed by atoms with Crippen LogP contribution >= 0.6 is 12.2 Å². The molecule has 1 aromatic heterocycles. The number of methoxy groups -OCH3 is 1. The number of carbonyl (C=O) groups is 1. The maximum absolute atomic E-state index is 12.1. The van der Waals surface area contributed by atoms with E-state index in [0.717, 1.165) is 22.7 Å². The van der Waals surface area contributed by atoms with Gasteiger partial charge in [0.1, 0.15) is 17.2 Å². The lowest BCUT2D eigenvalue weighted by Gasteiger charge is -2.20. The van der Waals surface area contributed by atoms with Crippen molar-refractivity contribution in [2.24, 2.45) is 0 Å². The lowest BCUT2D eigenvalue weighted by atomic mass is 9.97. The van der Waals surface area contributed by atoms with E-state index in [2.05, 4.69) is 4.98 Å². The SMILES string of the molecule is COc1ccc(-n2c(-c3cc(C(C)C)c(OC(=O)N(C)C)cc3O)c[nH]c2=S)cc1N(C)C. The van der Waals surface area contributed by atoms with Crippen molar-refractivity contribution in [1.29, 1.82) is 0 Å². The number of aromatic hydroxyl groups is 1. The van der Waals surface area contributed by atoms with Gasteiger partial charge in [0, 0.05) is 46.0 Å². The highest BCUT2D eigenvalue weighted by molar-refractivity contribution is 7.71. The summed E-state index contributed by atoms with van der Waals surface area (Å²) in [7, 11) is 8.72. The first-order valence-corrected chi connectivity index (χ1v) is 10.9. The van der Waals surface area contributed by atoms with Crippen molar-refractivity contribution in [1.82, 2.24) is 14.5 Å². The molecular weight excluding hydrogens is 440 g/mol. The molecule has 1 amide bonds. The molecule has 0 aliphatic rings. The Hall–Kier alpha value is -3.46. The van der Waals surface area contributed by atoms with Gasteiger partial charge in [0.25, 0.3) is 0 Å². The zero-order chi connectivity index (χ0) is 24.4. The molecule has 9 heteroatoms. The molecule has 0 aliphatic heterocycles. The highest BCUT2D eigenvalue weighted by atomic mass is 32.1. The molecule has 0 fully saturated rings. The van der Waals surface area contributed by atoms with Crippen LogP contribution in [0.15, 0.2) is 36.5 Å². The number of anilines is 1. The summed E-state index contributed by atoms with van der Waals surface area (Å²) < 4.78 is 13.3. The number of aromatic nitrogens is 2. The van der Waals surface area contributed by atoms with Crippen LogP contribution in [0.2, 0.25) is 0 Å². The van der Waals surface area contributed by atoms with Gasteiger partial charge >= 0.3 is 6.09 Å². The quantitative estimate of drug-likeness (QED) is 0.484. The number of hydrogen-bond donors (Lipinski definition) is 2. The van der Waals surface area contributed by atoms with Crippen molar-refractivity contribution < 1.29 is 19.4 Å². The molecule has 0 atom stereocenters. The monoisotopic (exact) mass is 470 g/mol. The number of aromatic amines is 1. The summed E-state index contributed by atoms with van der Waals surface area (Å²) in [6, 6.07) is 9.08. The Bertz CT molecular complexity index is 1230. The minimum Gasteiger partial charge on any atom is -0.507 e. The number of rotatable bonds is 6. The summed E-state index contributed by atoms with van der Waals surface area (Å²) >= 11 is 5.57. The average Bonchev–Trinajstić information content (AvgIpc) is 3.13. The third kappa shape index (κ3) is 4.83. The lowest BCUT2D eigenvalue weighted by Crippen LogP contribution is -2.25. The molecule has 8 nitrogen and oxygen atoms in total. The standard InChI is InChI=1S/C24H30N4O4S/c1-14(2)16-11-17(20(29)12-22(16)32-24(30)27(5)6)19-13-25-23(33)28(19)15-8-9-21(31-7)18(10-15)26(3)4/h8-14,29H,1-7H3,(H,25,33). The van der Waals surface area contributed by atoms with Crippen LogP contribution < -0.4 is 14.4 Å². The van der Waals surface area contributed by atoms with Crippen LogP contribution in [0.5, 0.6) is 17.2 Å². The molecule has 1 heterocycles. The van der Waals surface area contributed by atoms with Crippen molar-refractivity contribution >= 4 is 24.0 Å². The van der Waals surface area contributed by atoms with E-state index >= 15 is 0 Å². The Labute approximate surface area is 199 Å². The maximum atomic E-state index is 12.1. The lowest BCUT2D eigenvalue weighted by molar-refractivity contribution is 0.171. The molecule has 0 spiro atoms. The van der Waals surface area contributed by atoms with Gasteiger partial charge in [0.2, 0.25) is 0 Å². The van der Waals surface area contributed by atoms with Crippen LogP contribution in [0.1, 0.15) is 25.3 Å². The Morgan fingerprint density at radius 1 is 1.12 bits per heavy atom. The first kappa shape index (κ1) is 24.2. The van der Waals surface area contributed by atoms with Crippen LogP contribution in [0.25, 0.3) is 16.9 Å². The van der Waals surface area contributed by atoms with Crippen LogP contribution in [-0.4, -0.2) is 61.0 Å². The van der Waals surface area contributed by atoms with E-state index < -0.39 is 6.09 Å². The van der Waals surface area contributed by atoms with Crippen LogP contribution in [0, 0.1) is 4.77 Å². The number of carbonyl (C=O) groups excluding carboxylic acids is 1. The van der Waals surface area contributed by atoms with Gasteiger partial charge in [-0.25, -0.2) is 4.79 Å². The predicted octanol–water partition coefficient (Wildman–Crippen LogP) is 5.17. The number of imidazole rings is 1. The fraction of sp³-hybridized carbons (Fsp3) is 0.333.